The lowest BCUT2D eigenvalue weighted by molar-refractivity contribution is 0.0784. The fraction of sp³-hybridized carbons (Fsp3) is 0.429. The SMILES string of the molecule is O=C(c1cc[nH]c(=O)c1)N1CC2CC=CCC2C1. The molecular formula is C14H16N2O2. The molecule has 1 aromatic rings. The maximum absolute atomic E-state index is 12.3. The average molecular weight is 244 g/mol. The third-order valence-electron chi connectivity index (χ3n) is 3.93. The summed E-state index contributed by atoms with van der Waals surface area (Å²) in [6, 6.07) is 3.05. The standard InChI is InChI=1S/C14H16N2O2/c17-13-7-10(5-6-15-13)14(18)16-8-11-3-1-2-4-12(11)9-16/h1-2,5-7,11-12H,3-4,8-9H2,(H,15,17). The van der Waals surface area contributed by atoms with Crippen LogP contribution in [0.4, 0.5) is 0 Å². The van der Waals surface area contributed by atoms with Gasteiger partial charge in [0, 0.05) is 30.9 Å². The van der Waals surface area contributed by atoms with Crippen LogP contribution in [-0.4, -0.2) is 28.9 Å². The molecule has 1 aliphatic heterocycles. The van der Waals surface area contributed by atoms with Gasteiger partial charge in [-0.15, -0.1) is 0 Å². The van der Waals surface area contributed by atoms with E-state index in [9.17, 15) is 9.59 Å². The minimum Gasteiger partial charge on any atom is -0.338 e. The van der Waals surface area contributed by atoms with Crippen molar-refractivity contribution in [3.05, 3.63) is 46.4 Å². The summed E-state index contributed by atoms with van der Waals surface area (Å²) in [6.07, 6.45) is 8.10. The first-order valence-electron chi connectivity index (χ1n) is 6.37. The van der Waals surface area contributed by atoms with Gasteiger partial charge < -0.3 is 9.88 Å². The number of carbonyl (C=O) groups excluding carboxylic acids is 1. The fourth-order valence-corrected chi connectivity index (χ4v) is 2.94. The molecule has 2 aliphatic rings. The van der Waals surface area contributed by atoms with Gasteiger partial charge in [0.2, 0.25) is 5.56 Å². The summed E-state index contributed by atoms with van der Waals surface area (Å²) in [5.41, 5.74) is 0.268. The summed E-state index contributed by atoms with van der Waals surface area (Å²) in [5, 5.41) is 0. The second kappa shape index (κ2) is 4.44. The highest BCUT2D eigenvalue weighted by molar-refractivity contribution is 5.94. The van der Waals surface area contributed by atoms with E-state index in [-0.39, 0.29) is 11.5 Å². The lowest BCUT2D eigenvalue weighted by Crippen LogP contribution is -2.29. The number of pyridine rings is 1. The lowest BCUT2D eigenvalue weighted by atomic mass is 9.86. The quantitative estimate of drug-likeness (QED) is 0.759. The summed E-state index contributed by atoms with van der Waals surface area (Å²) in [7, 11) is 0. The molecule has 4 heteroatoms. The molecule has 18 heavy (non-hydrogen) atoms. The molecule has 0 spiro atoms. The summed E-state index contributed by atoms with van der Waals surface area (Å²) < 4.78 is 0. The Morgan fingerprint density at radius 2 is 1.89 bits per heavy atom. The Labute approximate surface area is 105 Å². The summed E-state index contributed by atoms with van der Waals surface area (Å²) in [5.74, 6) is 1.18. The molecule has 2 heterocycles. The molecule has 0 saturated carbocycles. The van der Waals surface area contributed by atoms with Crippen molar-refractivity contribution < 1.29 is 4.79 Å². The normalized spacial score (nSPS) is 26.1. The number of nitrogens with zero attached hydrogens (tertiary/aromatic N) is 1. The molecule has 1 aromatic heterocycles. The van der Waals surface area contributed by atoms with Crippen LogP contribution in [0, 0.1) is 11.8 Å². The van der Waals surface area contributed by atoms with Crippen LogP contribution in [0.15, 0.2) is 35.3 Å². The molecule has 3 rings (SSSR count). The number of allylic oxidation sites excluding steroid dienone is 2. The lowest BCUT2D eigenvalue weighted by Gasteiger charge is -2.17. The molecule has 1 aliphatic carbocycles. The van der Waals surface area contributed by atoms with Crippen LogP contribution in [0.5, 0.6) is 0 Å². The highest BCUT2D eigenvalue weighted by Gasteiger charge is 2.35. The van der Waals surface area contributed by atoms with Crippen molar-refractivity contribution in [3.63, 3.8) is 0 Å². The van der Waals surface area contributed by atoms with Gasteiger partial charge in [-0.1, -0.05) is 12.2 Å². The highest BCUT2D eigenvalue weighted by atomic mass is 16.2. The first kappa shape index (κ1) is 11.3. The van der Waals surface area contributed by atoms with E-state index in [4.69, 9.17) is 0 Å². The zero-order valence-corrected chi connectivity index (χ0v) is 10.1. The minimum atomic E-state index is -0.223. The van der Waals surface area contributed by atoms with Crippen LogP contribution in [0.25, 0.3) is 0 Å². The van der Waals surface area contributed by atoms with Gasteiger partial charge in [0.25, 0.3) is 5.91 Å². The molecule has 0 bridgehead atoms. The Bertz CT molecular complexity index is 531. The number of amides is 1. The fourth-order valence-electron chi connectivity index (χ4n) is 2.94. The van der Waals surface area contributed by atoms with Crippen LogP contribution in [-0.2, 0) is 0 Å². The largest absolute Gasteiger partial charge is 0.338 e. The maximum Gasteiger partial charge on any atom is 0.254 e. The number of aromatic nitrogens is 1. The van der Waals surface area contributed by atoms with E-state index in [2.05, 4.69) is 17.1 Å². The summed E-state index contributed by atoms with van der Waals surface area (Å²) >= 11 is 0. The van der Waals surface area contributed by atoms with Crippen molar-refractivity contribution in [1.29, 1.82) is 0 Å². The van der Waals surface area contributed by atoms with Crippen molar-refractivity contribution >= 4 is 5.91 Å². The Hall–Kier alpha value is -1.84. The van der Waals surface area contributed by atoms with Gasteiger partial charge >= 0.3 is 0 Å². The topological polar surface area (TPSA) is 53.2 Å². The van der Waals surface area contributed by atoms with E-state index in [0.717, 1.165) is 25.9 Å². The molecule has 4 nitrogen and oxygen atoms in total. The number of hydrogen-bond donors (Lipinski definition) is 1. The molecule has 2 atom stereocenters. The van der Waals surface area contributed by atoms with E-state index >= 15 is 0 Å². The maximum atomic E-state index is 12.3. The van der Waals surface area contributed by atoms with Gasteiger partial charge in [0.1, 0.15) is 0 Å². The summed E-state index contributed by atoms with van der Waals surface area (Å²) in [6.45, 7) is 1.64. The molecule has 1 N–H and O–H groups in total. The minimum absolute atomic E-state index is 0.0181. The van der Waals surface area contributed by atoms with Crippen LogP contribution in [0.1, 0.15) is 23.2 Å². The number of H-pyrrole nitrogens is 1. The number of likely N-dealkylation sites (tertiary alicyclic amines) is 1. The second-order valence-electron chi connectivity index (χ2n) is 5.11. The predicted molar refractivity (Wildman–Crippen MR) is 68.3 cm³/mol. The van der Waals surface area contributed by atoms with Gasteiger partial charge in [-0.3, -0.25) is 9.59 Å². The third-order valence-corrected chi connectivity index (χ3v) is 3.93. The Morgan fingerprint density at radius 3 is 2.50 bits per heavy atom. The van der Waals surface area contributed by atoms with E-state index in [0.29, 0.717) is 17.4 Å². The van der Waals surface area contributed by atoms with Gasteiger partial charge in [0.05, 0.1) is 0 Å². The van der Waals surface area contributed by atoms with E-state index < -0.39 is 0 Å². The molecule has 1 amide bonds. The Kier molecular flexibility index (Phi) is 2.78. The van der Waals surface area contributed by atoms with Crippen molar-refractivity contribution in [2.45, 2.75) is 12.8 Å². The Morgan fingerprint density at radius 1 is 1.22 bits per heavy atom. The monoisotopic (exact) mass is 244 g/mol. The number of rotatable bonds is 1. The van der Waals surface area contributed by atoms with Gasteiger partial charge in [0.15, 0.2) is 0 Å². The second-order valence-corrected chi connectivity index (χ2v) is 5.11. The van der Waals surface area contributed by atoms with Crippen LogP contribution in [0.2, 0.25) is 0 Å². The van der Waals surface area contributed by atoms with Crippen molar-refractivity contribution in [2.24, 2.45) is 11.8 Å². The first-order chi connectivity index (χ1) is 8.74. The number of nitrogens with one attached hydrogen (secondary N) is 1. The molecule has 0 aromatic carbocycles. The van der Waals surface area contributed by atoms with E-state index in [1.807, 2.05) is 4.90 Å². The number of carbonyl (C=O) groups is 1. The van der Waals surface area contributed by atoms with E-state index in [1.54, 1.807) is 6.07 Å². The van der Waals surface area contributed by atoms with E-state index in [1.165, 1.54) is 12.3 Å². The molecule has 0 radical (unpaired) electrons. The van der Waals surface area contributed by atoms with Crippen molar-refractivity contribution in [2.75, 3.05) is 13.1 Å². The van der Waals surface area contributed by atoms with Gasteiger partial charge in [-0.05, 0) is 30.7 Å². The van der Waals surface area contributed by atoms with Crippen LogP contribution >= 0.6 is 0 Å². The molecule has 94 valence electrons. The van der Waals surface area contributed by atoms with Crippen molar-refractivity contribution in [1.82, 2.24) is 9.88 Å². The number of aromatic amines is 1. The van der Waals surface area contributed by atoms with Crippen LogP contribution in [0.3, 0.4) is 0 Å². The number of fused-ring (bicyclic) bond motifs is 1. The third kappa shape index (κ3) is 1.98. The predicted octanol–water partition coefficient (Wildman–Crippen LogP) is 1.41. The average Bonchev–Trinajstić information content (AvgIpc) is 2.81. The van der Waals surface area contributed by atoms with Gasteiger partial charge in [-0.25, -0.2) is 0 Å². The molecular weight excluding hydrogens is 228 g/mol. The number of hydrogen-bond acceptors (Lipinski definition) is 2. The van der Waals surface area contributed by atoms with Crippen LogP contribution < -0.4 is 5.56 Å². The molecule has 2 unspecified atom stereocenters. The Balaban J connectivity index is 1.77. The first-order valence-corrected chi connectivity index (χ1v) is 6.37. The zero-order chi connectivity index (χ0) is 12.5. The smallest absolute Gasteiger partial charge is 0.254 e. The highest BCUT2D eigenvalue weighted by Crippen LogP contribution is 2.33. The van der Waals surface area contributed by atoms with Gasteiger partial charge in [-0.2, -0.15) is 0 Å². The summed E-state index contributed by atoms with van der Waals surface area (Å²) in [4.78, 5) is 27.9. The molecule has 1 fully saturated rings. The molecule has 1 saturated heterocycles. The zero-order valence-electron chi connectivity index (χ0n) is 10.1. The van der Waals surface area contributed by atoms with Crippen molar-refractivity contribution in [3.8, 4) is 0 Å².